The van der Waals surface area contributed by atoms with Gasteiger partial charge in [0.2, 0.25) is 0 Å². The molecule has 0 unspecified atom stereocenters. The summed E-state index contributed by atoms with van der Waals surface area (Å²) < 4.78 is 0. The number of nitrogens with one attached hydrogen (secondary N) is 1. The molecule has 0 spiro atoms. The molecule has 0 saturated heterocycles. The summed E-state index contributed by atoms with van der Waals surface area (Å²) in [6.45, 7) is 3.83. The van der Waals surface area contributed by atoms with Crippen molar-refractivity contribution in [3.05, 3.63) is 34.4 Å². The number of aromatic amines is 1. The van der Waals surface area contributed by atoms with E-state index in [0.29, 0.717) is 5.75 Å². The molecular weight excluding hydrogens is 180 g/mol. The maximum absolute atomic E-state index is 10.1. The number of hydrogen-bond donors (Lipinski definition) is 1. The van der Waals surface area contributed by atoms with Crippen LogP contribution in [0.2, 0.25) is 0 Å². The Morgan fingerprint density at radius 1 is 1.36 bits per heavy atom. The Labute approximate surface area is 80.8 Å². The van der Waals surface area contributed by atoms with Gasteiger partial charge in [-0.25, -0.2) is 0 Å². The van der Waals surface area contributed by atoms with Gasteiger partial charge in [0.15, 0.2) is 11.1 Å². The number of nitrogens with zero attached hydrogens (tertiary/aromatic N) is 1. The molecule has 1 N–H and O–H groups in total. The summed E-state index contributed by atoms with van der Waals surface area (Å²) >= 11 is 0. The number of aryl methyl sites for hydroxylation is 2. The van der Waals surface area contributed by atoms with E-state index in [1.54, 1.807) is 0 Å². The van der Waals surface area contributed by atoms with Gasteiger partial charge in [-0.15, -0.1) is 4.91 Å². The van der Waals surface area contributed by atoms with Crippen LogP contribution in [-0.2, 0) is 0 Å². The molecule has 1 heterocycles. The quantitative estimate of drug-likeness (QED) is 0.584. The van der Waals surface area contributed by atoms with Crippen LogP contribution >= 0.6 is 0 Å². The molecule has 1 aromatic heterocycles. The van der Waals surface area contributed by atoms with Crippen LogP contribution in [0.1, 0.15) is 11.3 Å². The molecule has 1 aromatic carbocycles. The van der Waals surface area contributed by atoms with E-state index in [-0.39, 0.29) is 0 Å². The first-order valence-corrected chi connectivity index (χ1v) is 4.31. The molecule has 4 heteroatoms. The Kier molecular flexibility index (Phi) is 1.96. The molecule has 0 amide bonds. The lowest BCUT2D eigenvalue weighted by atomic mass is 10.2. The number of aromatic nitrogens is 1. The lowest BCUT2D eigenvalue weighted by Gasteiger charge is -1.95. The van der Waals surface area contributed by atoms with Gasteiger partial charge in [0.05, 0.1) is 5.69 Å². The second kappa shape index (κ2) is 3.14. The third-order valence-corrected chi connectivity index (χ3v) is 2.21. The molecule has 0 saturated carbocycles. The van der Waals surface area contributed by atoms with E-state index in [2.05, 4.69) is 15.2 Å². The van der Waals surface area contributed by atoms with Crippen LogP contribution in [0.5, 0.6) is 5.75 Å². The van der Waals surface area contributed by atoms with Crippen LogP contribution < -0.4 is 4.84 Å². The van der Waals surface area contributed by atoms with E-state index in [4.69, 9.17) is 0 Å². The fourth-order valence-corrected chi connectivity index (χ4v) is 1.57. The number of fused-ring (bicyclic) bond motifs is 1. The average molecular weight is 190 g/mol. The molecule has 0 aliphatic carbocycles. The molecule has 0 bridgehead atoms. The lowest BCUT2D eigenvalue weighted by Crippen LogP contribution is -1.81. The molecule has 72 valence electrons. The van der Waals surface area contributed by atoms with Gasteiger partial charge in [0.1, 0.15) is 0 Å². The van der Waals surface area contributed by atoms with Crippen molar-refractivity contribution in [2.24, 2.45) is 5.34 Å². The van der Waals surface area contributed by atoms with Crippen molar-refractivity contribution in [2.75, 3.05) is 0 Å². The second-order valence-corrected chi connectivity index (χ2v) is 3.29. The van der Waals surface area contributed by atoms with Gasteiger partial charge in [-0.2, -0.15) is 0 Å². The van der Waals surface area contributed by atoms with Crippen LogP contribution in [0.3, 0.4) is 0 Å². The first-order chi connectivity index (χ1) is 6.72. The van der Waals surface area contributed by atoms with Crippen molar-refractivity contribution in [3.63, 3.8) is 0 Å². The predicted octanol–water partition coefficient (Wildman–Crippen LogP) is 2.84. The van der Waals surface area contributed by atoms with Crippen molar-refractivity contribution in [2.45, 2.75) is 13.8 Å². The Bertz CT molecular complexity index is 488. The number of rotatable bonds is 2. The molecule has 2 aromatic rings. The second-order valence-electron chi connectivity index (χ2n) is 3.29. The van der Waals surface area contributed by atoms with Gasteiger partial charge < -0.3 is 9.82 Å². The van der Waals surface area contributed by atoms with E-state index < -0.39 is 0 Å². The molecule has 4 nitrogen and oxygen atoms in total. The summed E-state index contributed by atoms with van der Waals surface area (Å²) in [4.78, 5) is 17.9. The third-order valence-electron chi connectivity index (χ3n) is 2.21. The van der Waals surface area contributed by atoms with Crippen molar-refractivity contribution in [3.8, 4) is 5.75 Å². The van der Waals surface area contributed by atoms with Crippen LogP contribution in [0.15, 0.2) is 23.5 Å². The van der Waals surface area contributed by atoms with Crippen molar-refractivity contribution in [1.82, 2.24) is 4.98 Å². The summed E-state index contributed by atoms with van der Waals surface area (Å²) in [5, 5.41) is 3.34. The van der Waals surface area contributed by atoms with E-state index in [9.17, 15) is 4.91 Å². The maximum Gasteiger partial charge on any atom is 0.189 e. The fraction of sp³-hybridized carbons (Fsp3) is 0.200. The smallest absolute Gasteiger partial charge is 0.189 e. The molecule has 0 atom stereocenters. The lowest BCUT2D eigenvalue weighted by molar-refractivity contribution is 0.336. The first kappa shape index (κ1) is 8.74. The maximum atomic E-state index is 10.1. The molecule has 2 rings (SSSR count). The minimum atomic E-state index is 0.513. The minimum absolute atomic E-state index is 0.513. The highest BCUT2D eigenvalue weighted by Crippen LogP contribution is 2.30. The van der Waals surface area contributed by atoms with E-state index in [0.717, 1.165) is 22.2 Å². The molecule has 14 heavy (non-hydrogen) atoms. The molecule has 0 radical (unpaired) electrons. The first-order valence-electron chi connectivity index (χ1n) is 4.31. The highest BCUT2D eigenvalue weighted by Gasteiger charge is 2.10. The van der Waals surface area contributed by atoms with E-state index in [1.165, 1.54) is 0 Å². The highest BCUT2D eigenvalue weighted by molar-refractivity contribution is 5.88. The number of H-pyrrole nitrogens is 1. The van der Waals surface area contributed by atoms with E-state index in [1.807, 2.05) is 32.0 Å². The van der Waals surface area contributed by atoms with Gasteiger partial charge >= 0.3 is 0 Å². The van der Waals surface area contributed by atoms with Crippen molar-refractivity contribution >= 4 is 10.9 Å². The minimum Gasteiger partial charge on any atom is -0.355 e. The summed E-state index contributed by atoms with van der Waals surface area (Å²) in [5.41, 5.74) is 2.88. The Morgan fingerprint density at radius 3 is 2.86 bits per heavy atom. The molecule has 0 fully saturated rings. The van der Waals surface area contributed by atoms with Gasteiger partial charge in [0.25, 0.3) is 0 Å². The van der Waals surface area contributed by atoms with Gasteiger partial charge in [-0.1, -0.05) is 11.6 Å². The highest BCUT2D eigenvalue weighted by atomic mass is 16.7. The predicted molar refractivity (Wildman–Crippen MR) is 54.2 cm³/mol. The summed E-state index contributed by atoms with van der Waals surface area (Å²) in [5.74, 6) is 0.513. The zero-order valence-corrected chi connectivity index (χ0v) is 8.00. The zero-order chi connectivity index (χ0) is 10.1. The fourth-order valence-electron chi connectivity index (χ4n) is 1.57. The van der Waals surface area contributed by atoms with Crippen LogP contribution in [0.25, 0.3) is 10.9 Å². The van der Waals surface area contributed by atoms with Gasteiger partial charge in [-0.3, -0.25) is 0 Å². The zero-order valence-electron chi connectivity index (χ0n) is 8.00. The Hall–Kier alpha value is -1.84. The summed E-state index contributed by atoms with van der Waals surface area (Å²) in [6, 6.07) is 5.91. The SMILES string of the molecule is Cc1ccc2[nH]c(C)c(ON=O)c2c1. The molecule has 0 aliphatic heterocycles. The molecule has 0 aliphatic rings. The monoisotopic (exact) mass is 190 g/mol. The van der Waals surface area contributed by atoms with Crippen LogP contribution in [-0.4, -0.2) is 4.98 Å². The normalized spacial score (nSPS) is 10.4. The van der Waals surface area contributed by atoms with Crippen molar-refractivity contribution < 1.29 is 4.84 Å². The van der Waals surface area contributed by atoms with E-state index >= 15 is 0 Å². The van der Waals surface area contributed by atoms with Gasteiger partial charge in [-0.05, 0) is 26.0 Å². The number of benzene rings is 1. The Balaban J connectivity index is 2.72. The largest absolute Gasteiger partial charge is 0.355 e. The Morgan fingerprint density at radius 2 is 2.14 bits per heavy atom. The third kappa shape index (κ3) is 1.25. The standard InChI is InChI=1S/C10H10N2O2/c1-6-3-4-9-8(5-6)10(14-12-13)7(2)11-9/h3-5,11H,1-2H3. The average Bonchev–Trinajstić information content (AvgIpc) is 2.45. The van der Waals surface area contributed by atoms with Gasteiger partial charge in [0, 0.05) is 10.9 Å². The summed E-state index contributed by atoms with van der Waals surface area (Å²) in [6.07, 6.45) is 0. The number of hydrogen-bond acceptors (Lipinski definition) is 3. The molecular formula is C10H10N2O2. The van der Waals surface area contributed by atoms with Crippen LogP contribution in [0.4, 0.5) is 0 Å². The topological polar surface area (TPSA) is 54.4 Å². The summed E-state index contributed by atoms with van der Waals surface area (Å²) in [7, 11) is 0. The van der Waals surface area contributed by atoms with Crippen molar-refractivity contribution in [1.29, 1.82) is 0 Å². The van der Waals surface area contributed by atoms with Crippen LogP contribution in [0, 0.1) is 18.8 Å².